The molecule has 1 aromatic rings. The monoisotopic (exact) mass is 263 g/mol. The Morgan fingerprint density at radius 3 is 2.89 bits per heavy atom. The lowest BCUT2D eigenvalue weighted by molar-refractivity contribution is -0.143. The van der Waals surface area contributed by atoms with Crippen LogP contribution in [0.5, 0.6) is 0 Å². The molecule has 3 unspecified atom stereocenters. The zero-order valence-corrected chi connectivity index (χ0v) is 12.3. The highest BCUT2D eigenvalue weighted by atomic mass is 16.5. The van der Waals surface area contributed by atoms with E-state index < -0.39 is 0 Å². The van der Waals surface area contributed by atoms with Crippen molar-refractivity contribution in [2.45, 2.75) is 58.2 Å². The van der Waals surface area contributed by atoms with E-state index in [1.807, 2.05) is 13.8 Å². The van der Waals surface area contributed by atoms with Crippen molar-refractivity contribution in [2.75, 3.05) is 13.1 Å². The molecule has 0 amide bonds. The number of furan rings is 1. The van der Waals surface area contributed by atoms with Crippen molar-refractivity contribution < 1.29 is 9.15 Å². The van der Waals surface area contributed by atoms with Crippen LogP contribution in [0, 0.1) is 19.8 Å². The van der Waals surface area contributed by atoms with E-state index >= 15 is 0 Å². The van der Waals surface area contributed by atoms with Gasteiger partial charge in [0.1, 0.15) is 11.5 Å². The number of hydrogen-bond donors (Lipinski definition) is 1. The van der Waals surface area contributed by atoms with Gasteiger partial charge in [0.2, 0.25) is 0 Å². The van der Waals surface area contributed by atoms with E-state index in [4.69, 9.17) is 9.15 Å². The number of hydrogen-bond acceptors (Lipinski definition) is 3. The third-order valence-corrected chi connectivity index (χ3v) is 4.65. The predicted molar refractivity (Wildman–Crippen MR) is 75.2 cm³/mol. The summed E-state index contributed by atoms with van der Waals surface area (Å²) in [6, 6.07) is 2.13. The zero-order valence-electron chi connectivity index (χ0n) is 12.3. The van der Waals surface area contributed by atoms with Crippen LogP contribution >= 0.6 is 0 Å². The Kier molecular flexibility index (Phi) is 3.44. The summed E-state index contributed by atoms with van der Waals surface area (Å²) in [4.78, 5) is 0. The summed E-state index contributed by atoms with van der Waals surface area (Å²) in [6.07, 6.45) is 5.17. The molecule has 0 aromatic carbocycles. The van der Waals surface area contributed by atoms with E-state index in [0.29, 0.717) is 0 Å². The Morgan fingerprint density at radius 1 is 1.37 bits per heavy atom. The fourth-order valence-electron chi connectivity index (χ4n) is 3.84. The van der Waals surface area contributed by atoms with Crippen molar-refractivity contribution in [1.29, 1.82) is 0 Å². The highest BCUT2D eigenvalue weighted by Gasteiger charge is 2.41. The SMILES string of the molecule is Cc1cc(C2CNCC3(CCCC(C)C3)O2)c(C)o1. The molecule has 2 heterocycles. The maximum atomic E-state index is 6.54. The van der Waals surface area contributed by atoms with E-state index in [9.17, 15) is 0 Å². The summed E-state index contributed by atoms with van der Waals surface area (Å²) in [6.45, 7) is 8.29. The zero-order chi connectivity index (χ0) is 13.5. The molecule has 1 spiro atoms. The van der Waals surface area contributed by atoms with E-state index in [1.165, 1.54) is 31.2 Å². The molecule has 3 heteroatoms. The molecule has 1 aliphatic carbocycles. The Hall–Kier alpha value is -0.800. The molecule has 2 fully saturated rings. The first-order valence-electron chi connectivity index (χ1n) is 7.53. The number of ether oxygens (including phenoxy) is 1. The van der Waals surface area contributed by atoms with E-state index in [1.54, 1.807) is 0 Å². The van der Waals surface area contributed by atoms with Crippen LogP contribution in [0.4, 0.5) is 0 Å². The van der Waals surface area contributed by atoms with E-state index in [2.05, 4.69) is 18.3 Å². The molecule has 0 bridgehead atoms. The first kappa shape index (κ1) is 13.2. The molecule has 1 aromatic heterocycles. The maximum Gasteiger partial charge on any atom is 0.106 e. The van der Waals surface area contributed by atoms with Crippen LogP contribution in [0.1, 0.15) is 55.8 Å². The van der Waals surface area contributed by atoms with Crippen LogP contribution in [-0.2, 0) is 4.74 Å². The van der Waals surface area contributed by atoms with Gasteiger partial charge in [0.25, 0.3) is 0 Å². The topological polar surface area (TPSA) is 34.4 Å². The second-order valence-electron chi connectivity index (χ2n) is 6.49. The van der Waals surface area contributed by atoms with Crippen molar-refractivity contribution in [3.05, 3.63) is 23.2 Å². The normalized spacial score (nSPS) is 35.7. The molecule has 106 valence electrons. The molecular weight excluding hydrogens is 238 g/mol. The van der Waals surface area contributed by atoms with Crippen molar-refractivity contribution in [2.24, 2.45) is 5.92 Å². The number of nitrogens with one attached hydrogen (secondary N) is 1. The highest BCUT2D eigenvalue weighted by molar-refractivity contribution is 5.24. The van der Waals surface area contributed by atoms with Gasteiger partial charge in [-0.3, -0.25) is 0 Å². The number of aryl methyl sites for hydroxylation is 2. The van der Waals surface area contributed by atoms with Crippen molar-refractivity contribution in [1.82, 2.24) is 5.32 Å². The molecule has 0 radical (unpaired) electrons. The second kappa shape index (κ2) is 4.95. The van der Waals surface area contributed by atoms with E-state index in [0.717, 1.165) is 30.5 Å². The van der Waals surface area contributed by atoms with Crippen molar-refractivity contribution in [3.8, 4) is 0 Å². The van der Waals surface area contributed by atoms with Gasteiger partial charge >= 0.3 is 0 Å². The van der Waals surface area contributed by atoms with Crippen LogP contribution in [-0.4, -0.2) is 18.7 Å². The maximum absolute atomic E-state index is 6.54. The molecule has 3 nitrogen and oxygen atoms in total. The molecule has 3 atom stereocenters. The largest absolute Gasteiger partial charge is 0.466 e. The van der Waals surface area contributed by atoms with Gasteiger partial charge in [0.15, 0.2) is 0 Å². The standard InChI is InChI=1S/C16H25NO2/c1-11-5-4-6-16(8-11)10-17-9-15(19-16)14-7-12(2)18-13(14)3/h7,11,15,17H,4-6,8-10H2,1-3H3. The van der Waals surface area contributed by atoms with Gasteiger partial charge in [0, 0.05) is 18.7 Å². The Labute approximate surface area is 115 Å². The van der Waals surface area contributed by atoms with E-state index in [-0.39, 0.29) is 11.7 Å². The molecule has 1 saturated carbocycles. The third kappa shape index (κ3) is 2.59. The molecule has 19 heavy (non-hydrogen) atoms. The van der Waals surface area contributed by atoms with Gasteiger partial charge in [-0.25, -0.2) is 0 Å². The lowest BCUT2D eigenvalue weighted by atomic mass is 9.77. The van der Waals surface area contributed by atoms with Gasteiger partial charge in [-0.15, -0.1) is 0 Å². The Balaban J connectivity index is 1.79. The lowest BCUT2D eigenvalue weighted by Crippen LogP contribution is -2.53. The quantitative estimate of drug-likeness (QED) is 0.842. The summed E-state index contributed by atoms with van der Waals surface area (Å²) < 4.78 is 12.2. The lowest BCUT2D eigenvalue weighted by Gasteiger charge is -2.46. The number of morpholine rings is 1. The minimum absolute atomic E-state index is 0.0538. The first-order chi connectivity index (χ1) is 9.08. The minimum atomic E-state index is 0.0538. The Bertz CT molecular complexity index is 450. The van der Waals surface area contributed by atoms with Gasteiger partial charge in [-0.1, -0.05) is 19.8 Å². The van der Waals surface area contributed by atoms with Crippen LogP contribution < -0.4 is 5.32 Å². The average molecular weight is 263 g/mol. The van der Waals surface area contributed by atoms with Crippen LogP contribution in [0.2, 0.25) is 0 Å². The highest BCUT2D eigenvalue weighted by Crippen LogP contribution is 2.40. The van der Waals surface area contributed by atoms with Gasteiger partial charge in [0.05, 0.1) is 11.7 Å². The third-order valence-electron chi connectivity index (χ3n) is 4.65. The average Bonchev–Trinajstić information content (AvgIpc) is 2.68. The van der Waals surface area contributed by atoms with Gasteiger partial charge in [-0.05, 0) is 38.7 Å². The molecule has 1 aliphatic heterocycles. The summed E-state index contributed by atoms with van der Waals surface area (Å²) in [5, 5.41) is 3.58. The van der Waals surface area contributed by atoms with Gasteiger partial charge in [-0.2, -0.15) is 0 Å². The number of rotatable bonds is 1. The summed E-state index contributed by atoms with van der Waals surface area (Å²) >= 11 is 0. The molecule has 1 saturated heterocycles. The summed E-state index contributed by atoms with van der Waals surface area (Å²) in [7, 11) is 0. The van der Waals surface area contributed by atoms with Crippen molar-refractivity contribution >= 4 is 0 Å². The summed E-state index contributed by atoms with van der Waals surface area (Å²) in [5.74, 6) is 2.76. The van der Waals surface area contributed by atoms with Gasteiger partial charge < -0.3 is 14.5 Å². The molecule has 2 aliphatic rings. The molecule has 1 N–H and O–H groups in total. The summed E-state index contributed by atoms with van der Waals surface area (Å²) in [5.41, 5.74) is 1.28. The van der Waals surface area contributed by atoms with Crippen LogP contribution in [0.15, 0.2) is 10.5 Å². The molecule has 3 rings (SSSR count). The minimum Gasteiger partial charge on any atom is -0.466 e. The fraction of sp³-hybridized carbons (Fsp3) is 0.750. The first-order valence-corrected chi connectivity index (χ1v) is 7.53. The fourth-order valence-corrected chi connectivity index (χ4v) is 3.84. The van der Waals surface area contributed by atoms with Crippen molar-refractivity contribution in [3.63, 3.8) is 0 Å². The van der Waals surface area contributed by atoms with Crippen LogP contribution in [0.25, 0.3) is 0 Å². The second-order valence-corrected chi connectivity index (χ2v) is 6.49. The Morgan fingerprint density at radius 2 is 2.21 bits per heavy atom. The smallest absolute Gasteiger partial charge is 0.106 e. The molecular formula is C16H25NO2. The van der Waals surface area contributed by atoms with Crippen LogP contribution in [0.3, 0.4) is 0 Å². The predicted octanol–water partition coefficient (Wildman–Crippen LogP) is 3.51.